The Balaban J connectivity index is 2.26. The third kappa shape index (κ3) is 4.40. The van der Waals surface area contributed by atoms with Gasteiger partial charge in [0.05, 0.1) is 0 Å². The number of carboxylic acids is 1. The first kappa shape index (κ1) is 12.8. The van der Waals surface area contributed by atoms with Crippen LogP contribution in [0.3, 0.4) is 0 Å². The van der Waals surface area contributed by atoms with Crippen molar-refractivity contribution in [2.45, 2.75) is 18.9 Å². The molecule has 1 aliphatic heterocycles. The number of ether oxygens (including phenoxy) is 1. The van der Waals surface area contributed by atoms with Crippen molar-refractivity contribution < 1.29 is 14.6 Å². The molecule has 5 heteroatoms. The summed E-state index contributed by atoms with van der Waals surface area (Å²) in [5.74, 6) is 1.09. The van der Waals surface area contributed by atoms with Crippen molar-refractivity contribution in [1.82, 2.24) is 4.90 Å². The first-order valence-corrected chi connectivity index (χ1v) is 6.44. The fourth-order valence-electron chi connectivity index (χ4n) is 1.69. The molecular weight excluding hydrogens is 214 g/mol. The van der Waals surface area contributed by atoms with Gasteiger partial charge in [0.2, 0.25) is 0 Å². The second kappa shape index (κ2) is 7.09. The highest BCUT2D eigenvalue weighted by Crippen LogP contribution is 2.17. The molecule has 0 aromatic rings. The fourth-order valence-corrected chi connectivity index (χ4v) is 2.80. The van der Waals surface area contributed by atoms with Crippen LogP contribution in [0, 0.1) is 0 Å². The Morgan fingerprint density at radius 1 is 1.60 bits per heavy atom. The van der Waals surface area contributed by atoms with Crippen LogP contribution in [0.4, 0.5) is 0 Å². The highest BCUT2D eigenvalue weighted by molar-refractivity contribution is 7.99. The average molecular weight is 233 g/mol. The molecule has 1 fully saturated rings. The molecule has 88 valence electrons. The van der Waals surface area contributed by atoms with Crippen LogP contribution in [0.25, 0.3) is 0 Å². The van der Waals surface area contributed by atoms with Gasteiger partial charge in [-0.25, -0.2) is 0 Å². The van der Waals surface area contributed by atoms with Crippen LogP contribution in [0.1, 0.15) is 12.8 Å². The quantitative estimate of drug-likeness (QED) is 0.691. The number of hydrogen-bond donors (Lipinski definition) is 1. The smallest absolute Gasteiger partial charge is 0.321 e. The minimum Gasteiger partial charge on any atom is -0.480 e. The Hall–Kier alpha value is -0.260. The summed E-state index contributed by atoms with van der Waals surface area (Å²) < 4.78 is 4.97. The molecule has 0 spiro atoms. The van der Waals surface area contributed by atoms with E-state index in [-0.39, 0.29) is 6.04 Å². The lowest BCUT2D eigenvalue weighted by atomic mass is 10.2. The molecular formula is C10H19NO3S. The van der Waals surface area contributed by atoms with Crippen LogP contribution in [0.2, 0.25) is 0 Å². The van der Waals surface area contributed by atoms with Crippen molar-refractivity contribution >= 4 is 17.7 Å². The number of rotatable bonds is 6. The number of carboxylic acid groups (broad SMARTS) is 1. The van der Waals surface area contributed by atoms with Gasteiger partial charge in [0.25, 0.3) is 0 Å². The summed E-state index contributed by atoms with van der Waals surface area (Å²) in [6.45, 7) is 2.54. The van der Waals surface area contributed by atoms with E-state index < -0.39 is 5.97 Å². The Bertz CT molecular complexity index is 201. The number of carbonyl (C=O) groups is 1. The van der Waals surface area contributed by atoms with Crippen LogP contribution in [-0.2, 0) is 9.53 Å². The monoisotopic (exact) mass is 233 g/mol. The molecule has 0 saturated carbocycles. The molecule has 0 aromatic heterocycles. The number of thioether (sulfide) groups is 1. The third-order valence-electron chi connectivity index (χ3n) is 2.57. The summed E-state index contributed by atoms with van der Waals surface area (Å²) in [7, 11) is 1.69. The molecule has 1 rings (SSSR count). The maximum absolute atomic E-state index is 11.0. The highest BCUT2D eigenvalue weighted by Gasteiger charge is 2.27. The van der Waals surface area contributed by atoms with Gasteiger partial charge in [-0.1, -0.05) is 0 Å². The van der Waals surface area contributed by atoms with Gasteiger partial charge >= 0.3 is 5.97 Å². The van der Waals surface area contributed by atoms with Crippen molar-refractivity contribution in [3.8, 4) is 0 Å². The summed E-state index contributed by atoms with van der Waals surface area (Å²) >= 11 is 1.73. The standard InChI is InChI=1S/C10H19NO3S/c1-14-6-3-2-4-11-5-7-15-8-9(11)10(12)13/h9H,2-8H2,1H3,(H,12,13). The molecule has 0 aromatic carbocycles. The maximum atomic E-state index is 11.0. The summed E-state index contributed by atoms with van der Waals surface area (Å²) in [6, 6.07) is -0.286. The Labute approximate surface area is 95.0 Å². The molecule has 1 aliphatic rings. The predicted octanol–water partition coefficient (Wildman–Crippen LogP) is 0.915. The van der Waals surface area contributed by atoms with Crippen molar-refractivity contribution in [3.63, 3.8) is 0 Å². The minimum absolute atomic E-state index is 0.286. The number of unbranched alkanes of at least 4 members (excludes halogenated alkanes) is 1. The zero-order chi connectivity index (χ0) is 11.1. The molecule has 15 heavy (non-hydrogen) atoms. The summed E-state index contributed by atoms with van der Waals surface area (Å²) in [4.78, 5) is 13.1. The van der Waals surface area contributed by atoms with Gasteiger partial charge in [-0.05, 0) is 19.4 Å². The van der Waals surface area contributed by atoms with E-state index in [0.29, 0.717) is 0 Å². The summed E-state index contributed by atoms with van der Waals surface area (Å²) in [5.41, 5.74) is 0. The molecule has 1 unspecified atom stereocenters. The van der Waals surface area contributed by atoms with Crippen LogP contribution < -0.4 is 0 Å². The van der Waals surface area contributed by atoms with Gasteiger partial charge in [0.1, 0.15) is 6.04 Å². The van der Waals surface area contributed by atoms with Gasteiger partial charge < -0.3 is 9.84 Å². The zero-order valence-electron chi connectivity index (χ0n) is 9.15. The van der Waals surface area contributed by atoms with Gasteiger partial charge in [-0.2, -0.15) is 11.8 Å². The average Bonchev–Trinajstić information content (AvgIpc) is 2.25. The molecule has 1 heterocycles. The molecule has 4 nitrogen and oxygen atoms in total. The molecule has 1 saturated heterocycles. The van der Waals surface area contributed by atoms with Crippen molar-refractivity contribution in [3.05, 3.63) is 0 Å². The molecule has 1 N–H and O–H groups in total. The van der Waals surface area contributed by atoms with E-state index in [0.717, 1.165) is 44.0 Å². The van der Waals surface area contributed by atoms with Gasteiger partial charge in [0, 0.05) is 31.8 Å². The van der Waals surface area contributed by atoms with Crippen LogP contribution in [0.15, 0.2) is 0 Å². The second-order valence-electron chi connectivity index (χ2n) is 3.66. The lowest BCUT2D eigenvalue weighted by Crippen LogP contribution is -2.47. The van der Waals surface area contributed by atoms with E-state index in [4.69, 9.17) is 9.84 Å². The second-order valence-corrected chi connectivity index (χ2v) is 4.81. The summed E-state index contributed by atoms with van der Waals surface area (Å²) in [6.07, 6.45) is 2.02. The van der Waals surface area contributed by atoms with Gasteiger partial charge in [0.15, 0.2) is 0 Å². The molecule has 0 bridgehead atoms. The van der Waals surface area contributed by atoms with Crippen molar-refractivity contribution in [2.24, 2.45) is 0 Å². The largest absolute Gasteiger partial charge is 0.480 e. The maximum Gasteiger partial charge on any atom is 0.321 e. The predicted molar refractivity (Wildman–Crippen MR) is 61.4 cm³/mol. The number of nitrogens with zero attached hydrogens (tertiary/aromatic N) is 1. The zero-order valence-corrected chi connectivity index (χ0v) is 9.96. The van der Waals surface area contributed by atoms with E-state index in [1.807, 2.05) is 0 Å². The van der Waals surface area contributed by atoms with Crippen LogP contribution >= 0.6 is 11.8 Å². The lowest BCUT2D eigenvalue weighted by Gasteiger charge is -2.32. The molecule has 1 atom stereocenters. The molecule has 0 amide bonds. The summed E-state index contributed by atoms with van der Waals surface area (Å²) in [5, 5.41) is 9.03. The van der Waals surface area contributed by atoms with Crippen molar-refractivity contribution in [2.75, 3.05) is 38.3 Å². The molecule has 0 radical (unpaired) electrons. The van der Waals surface area contributed by atoms with Crippen LogP contribution in [0.5, 0.6) is 0 Å². The first-order chi connectivity index (χ1) is 7.25. The Kier molecular flexibility index (Phi) is 6.05. The van der Waals surface area contributed by atoms with E-state index in [1.54, 1.807) is 18.9 Å². The lowest BCUT2D eigenvalue weighted by molar-refractivity contribution is -0.142. The SMILES string of the molecule is COCCCCN1CCSCC1C(=O)O. The van der Waals surface area contributed by atoms with Crippen molar-refractivity contribution in [1.29, 1.82) is 0 Å². The van der Waals surface area contributed by atoms with Gasteiger partial charge in [-0.15, -0.1) is 0 Å². The Morgan fingerprint density at radius 2 is 2.40 bits per heavy atom. The van der Waals surface area contributed by atoms with E-state index in [9.17, 15) is 4.79 Å². The fraction of sp³-hybridized carbons (Fsp3) is 0.900. The molecule has 0 aliphatic carbocycles. The van der Waals surface area contributed by atoms with E-state index in [2.05, 4.69) is 4.90 Å². The normalized spacial score (nSPS) is 22.9. The van der Waals surface area contributed by atoms with Gasteiger partial charge in [-0.3, -0.25) is 9.69 Å². The minimum atomic E-state index is -0.686. The van der Waals surface area contributed by atoms with Crippen LogP contribution in [-0.4, -0.2) is 60.3 Å². The highest BCUT2D eigenvalue weighted by atomic mass is 32.2. The Morgan fingerprint density at radius 3 is 3.07 bits per heavy atom. The van der Waals surface area contributed by atoms with E-state index >= 15 is 0 Å². The number of aliphatic carboxylic acids is 1. The number of methoxy groups -OCH3 is 1. The third-order valence-corrected chi connectivity index (χ3v) is 3.59. The number of hydrogen-bond acceptors (Lipinski definition) is 4. The topological polar surface area (TPSA) is 49.8 Å². The first-order valence-electron chi connectivity index (χ1n) is 5.29. The van der Waals surface area contributed by atoms with E-state index in [1.165, 1.54) is 0 Å².